The van der Waals surface area contributed by atoms with Gasteiger partial charge in [0.2, 0.25) is 0 Å². The number of morpholine rings is 1. The number of nitro benzene ring substituents is 1. The van der Waals surface area contributed by atoms with Crippen molar-refractivity contribution in [3.8, 4) is 0 Å². The van der Waals surface area contributed by atoms with E-state index in [9.17, 15) is 10.1 Å². The van der Waals surface area contributed by atoms with Crippen molar-refractivity contribution in [1.29, 1.82) is 0 Å². The molecule has 1 atom stereocenters. The number of alkyl halides is 1. The van der Waals surface area contributed by atoms with Gasteiger partial charge in [0.05, 0.1) is 23.5 Å². The van der Waals surface area contributed by atoms with Crippen LogP contribution in [-0.2, 0) is 4.74 Å². The number of rotatable bonds is 4. The van der Waals surface area contributed by atoms with Gasteiger partial charge in [0.25, 0.3) is 5.69 Å². The van der Waals surface area contributed by atoms with Crippen LogP contribution in [0.4, 0.5) is 5.69 Å². The summed E-state index contributed by atoms with van der Waals surface area (Å²) in [6.07, 6.45) is 0. The van der Waals surface area contributed by atoms with Gasteiger partial charge < -0.3 is 4.74 Å². The highest BCUT2D eigenvalue weighted by Gasteiger charge is 2.18. The molecular formula is C12H15ClN2O3. The molecule has 5 nitrogen and oxygen atoms in total. The van der Waals surface area contributed by atoms with Crippen LogP contribution in [0.15, 0.2) is 24.3 Å². The molecule has 0 radical (unpaired) electrons. The summed E-state index contributed by atoms with van der Waals surface area (Å²) in [5.41, 5.74) is 0.873. The Balaban J connectivity index is 2.01. The molecule has 0 aliphatic carbocycles. The fourth-order valence-corrected chi connectivity index (χ4v) is 2.28. The predicted molar refractivity (Wildman–Crippen MR) is 68.9 cm³/mol. The molecule has 2 rings (SSSR count). The number of nitrogens with zero attached hydrogens (tertiary/aromatic N) is 2. The van der Waals surface area contributed by atoms with Crippen LogP contribution in [0.1, 0.15) is 10.9 Å². The van der Waals surface area contributed by atoms with Crippen LogP contribution in [-0.4, -0.2) is 42.7 Å². The van der Waals surface area contributed by atoms with E-state index < -0.39 is 4.92 Å². The summed E-state index contributed by atoms with van der Waals surface area (Å²) in [7, 11) is 0. The van der Waals surface area contributed by atoms with Gasteiger partial charge in [-0.25, -0.2) is 0 Å². The fraction of sp³-hybridized carbons (Fsp3) is 0.500. The molecule has 0 amide bonds. The highest BCUT2D eigenvalue weighted by molar-refractivity contribution is 6.21. The number of halogens is 1. The first-order valence-electron chi connectivity index (χ1n) is 5.85. The van der Waals surface area contributed by atoms with Gasteiger partial charge in [-0.3, -0.25) is 15.0 Å². The van der Waals surface area contributed by atoms with Crippen LogP contribution in [0.5, 0.6) is 0 Å². The van der Waals surface area contributed by atoms with Crippen molar-refractivity contribution in [3.63, 3.8) is 0 Å². The van der Waals surface area contributed by atoms with Crippen LogP contribution in [0.2, 0.25) is 0 Å². The second-order valence-electron chi connectivity index (χ2n) is 4.23. The van der Waals surface area contributed by atoms with Gasteiger partial charge in [-0.15, -0.1) is 11.6 Å². The van der Waals surface area contributed by atoms with Crippen molar-refractivity contribution in [3.05, 3.63) is 39.9 Å². The minimum absolute atomic E-state index is 0.0835. The van der Waals surface area contributed by atoms with Gasteiger partial charge in [0.15, 0.2) is 0 Å². The summed E-state index contributed by atoms with van der Waals surface area (Å²) in [6, 6.07) is 6.51. The third-order valence-corrected chi connectivity index (χ3v) is 3.35. The van der Waals surface area contributed by atoms with Gasteiger partial charge in [0.1, 0.15) is 0 Å². The normalized spacial score (nSPS) is 18.5. The first-order valence-corrected chi connectivity index (χ1v) is 6.29. The quantitative estimate of drug-likeness (QED) is 0.478. The third kappa shape index (κ3) is 3.41. The number of benzene rings is 1. The maximum atomic E-state index is 10.7. The van der Waals surface area contributed by atoms with Crippen LogP contribution in [0.3, 0.4) is 0 Å². The minimum atomic E-state index is -0.401. The third-order valence-electron chi connectivity index (χ3n) is 2.96. The fourth-order valence-electron chi connectivity index (χ4n) is 1.95. The van der Waals surface area contributed by atoms with E-state index in [0.717, 1.165) is 31.9 Å². The number of nitro groups is 1. The molecule has 0 spiro atoms. The van der Waals surface area contributed by atoms with Crippen molar-refractivity contribution in [2.45, 2.75) is 5.38 Å². The Hall–Kier alpha value is -1.17. The summed E-state index contributed by atoms with van der Waals surface area (Å²) in [5.74, 6) is 0. The van der Waals surface area contributed by atoms with E-state index >= 15 is 0 Å². The lowest BCUT2D eigenvalue weighted by atomic mass is 10.1. The van der Waals surface area contributed by atoms with Gasteiger partial charge in [0, 0.05) is 31.8 Å². The van der Waals surface area contributed by atoms with Crippen LogP contribution in [0, 0.1) is 10.1 Å². The zero-order chi connectivity index (χ0) is 13.0. The van der Waals surface area contributed by atoms with E-state index in [0.29, 0.717) is 6.54 Å². The molecule has 1 fully saturated rings. The molecule has 1 aliphatic heterocycles. The Labute approximate surface area is 110 Å². The SMILES string of the molecule is O=[N+]([O-])c1cccc(C(Cl)CN2CCOCC2)c1. The highest BCUT2D eigenvalue weighted by atomic mass is 35.5. The molecule has 0 N–H and O–H groups in total. The van der Waals surface area contributed by atoms with Crippen LogP contribution < -0.4 is 0 Å². The molecule has 98 valence electrons. The second-order valence-corrected chi connectivity index (χ2v) is 4.76. The topological polar surface area (TPSA) is 55.6 Å². The van der Waals surface area contributed by atoms with Gasteiger partial charge in [-0.1, -0.05) is 12.1 Å². The maximum Gasteiger partial charge on any atom is 0.269 e. The molecule has 1 saturated heterocycles. The molecule has 6 heteroatoms. The molecule has 0 aromatic heterocycles. The zero-order valence-corrected chi connectivity index (χ0v) is 10.7. The average Bonchev–Trinajstić information content (AvgIpc) is 2.40. The van der Waals surface area contributed by atoms with E-state index in [1.165, 1.54) is 12.1 Å². The minimum Gasteiger partial charge on any atom is -0.379 e. The van der Waals surface area contributed by atoms with Crippen molar-refractivity contribution in [1.82, 2.24) is 4.90 Å². The van der Waals surface area contributed by atoms with Crippen LogP contribution >= 0.6 is 11.6 Å². The maximum absolute atomic E-state index is 10.7. The monoisotopic (exact) mass is 270 g/mol. The van der Waals surface area contributed by atoms with E-state index in [1.54, 1.807) is 6.07 Å². The van der Waals surface area contributed by atoms with Crippen molar-refractivity contribution < 1.29 is 9.66 Å². The predicted octanol–water partition coefficient (Wildman–Crippen LogP) is 2.21. The molecule has 1 aromatic carbocycles. The molecule has 1 unspecified atom stereocenters. The molecule has 0 saturated carbocycles. The van der Waals surface area contributed by atoms with E-state index in [1.807, 2.05) is 6.07 Å². The summed E-state index contributed by atoms with van der Waals surface area (Å²) >= 11 is 6.31. The Kier molecular flexibility index (Phi) is 4.52. The Bertz CT molecular complexity index is 422. The Morgan fingerprint density at radius 1 is 1.44 bits per heavy atom. The summed E-state index contributed by atoms with van der Waals surface area (Å²) in [5, 5.41) is 10.5. The molecule has 1 heterocycles. The van der Waals surface area contributed by atoms with Crippen molar-refractivity contribution >= 4 is 17.3 Å². The average molecular weight is 271 g/mol. The number of ether oxygens (including phenoxy) is 1. The first-order chi connectivity index (χ1) is 8.66. The molecule has 1 aromatic rings. The van der Waals surface area contributed by atoms with E-state index in [2.05, 4.69) is 4.90 Å². The largest absolute Gasteiger partial charge is 0.379 e. The standard InChI is InChI=1S/C12H15ClN2O3/c13-12(9-14-4-6-18-7-5-14)10-2-1-3-11(8-10)15(16)17/h1-3,8,12H,4-7,9H2. The lowest BCUT2D eigenvalue weighted by molar-refractivity contribution is -0.384. The van der Waals surface area contributed by atoms with Gasteiger partial charge in [-0.05, 0) is 5.56 Å². The molecular weight excluding hydrogens is 256 g/mol. The summed E-state index contributed by atoms with van der Waals surface area (Å²) < 4.78 is 5.26. The smallest absolute Gasteiger partial charge is 0.269 e. The number of hydrogen-bond donors (Lipinski definition) is 0. The van der Waals surface area contributed by atoms with E-state index in [4.69, 9.17) is 16.3 Å². The number of hydrogen-bond acceptors (Lipinski definition) is 4. The molecule has 0 bridgehead atoms. The van der Waals surface area contributed by atoms with Gasteiger partial charge in [-0.2, -0.15) is 0 Å². The first kappa shape index (κ1) is 13.3. The lowest BCUT2D eigenvalue weighted by Gasteiger charge is -2.28. The van der Waals surface area contributed by atoms with Gasteiger partial charge >= 0.3 is 0 Å². The molecule has 1 aliphatic rings. The van der Waals surface area contributed by atoms with Crippen LogP contribution in [0.25, 0.3) is 0 Å². The van der Waals surface area contributed by atoms with Crippen molar-refractivity contribution in [2.75, 3.05) is 32.8 Å². The highest BCUT2D eigenvalue weighted by Crippen LogP contribution is 2.25. The molecule has 18 heavy (non-hydrogen) atoms. The zero-order valence-electron chi connectivity index (χ0n) is 9.92. The summed E-state index contributed by atoms with van der Waals surface area (Å²) in [6.45, 7) is 3.85. The van der Waals surface area contributed by atoms with Crippen molar-refractivity contribution in [2.24, 2.45) is 0 Å². The second kappa shape index (κ2) is 6.13. The Morgan fingerprint density at radius 2 is 2.17 bits per heavy atom. The number of non-ortho nitro benzene ring substituents is 1. The lowest BCUT2D eigenvalue weighted by Crippen LogP contribution is -2.38. The summed E-state index contributed by atoms with van der Waals surface area (Å²) in [4.78, 5) is 12.5. The van der Waals surface area contributed by atoms with E-state index in [-0.39, 0.29) is 11.1 Å². The Morgan fingerprint density at radius 3 is 2.83 bits per heavy atom.